The largest absolute Gasteiger partial charge is 0.423 e. The third-order valence-corrected chi connectivity index (χ3v) is 16.2. The SMILES string of the molecule is CCCCCC(=O)N1CCc2cc(C=Cc3ccc(COOc4ccc5c(c4)C4(CC5(C)C)CC(C)(C)c5ccc(OC(=O)c6ccc(C=Cc7ccc8c(c7)CCN8C(=O)CCCCC)cc6)cc54)cc3)ccc21. The standard InChI is InChI=1S/C67H72N2O6/c1-7-9-11-13-62(70)68-37-35-52-39-48(25-33-60(52)68)19-15-46-17-21-50(22-18-46)43-73-75-55-30-32-57-59(42-55)67(45-66(57,5)6)44-65(3,4)56-31-29-54(41-58(56)67)74-64(72)51-27-23-47(24-28-51)16-20-49-26-34-61-53(40-49)36-38-69(61)63(71)14-12-10-8-2/h15-34,39-42H,7-14,35-38,43-45H2,1-6H3. The minimum atomic E-state index is -0.398. The quantitative estimate of drug-likeness (QED) is 0.0213. The maximum atomic E-state index is 13.7. The van der Waals surface area contributed by atoms with Gasteiger partial charge in [-0.3, -0.25) is 9.59 Å². The molecule has 0 bridgehead atoms. The topological polar surface area (TPSA) is 85.4 Å². The summed E-state index contributed by atoms with van der Waals surface area (Å²) in [6.07, 6.45) is 19.5. The van der Waals surface area contributed by atoms with E-state index in [4.69, 9.17) is 14.5 Å². The number of benzene rings is 6. The number of carbonyl (C=O) groups is 3. The molecule has 0 saturated heterocycles. The molecular formula is C67H72N2O6. The molecular weight excluding hydrogens is 929 g/mol. The summed E-state index contributed by atoms with van der Waals surface area (Å²) in [5.41, 5.74) is 14.7. The Bertz CT molecular complexity index is 3160. The Hall–Kier alpha value is -7.03. The number of rotatable bonds is 18. The van der Waals surface area contributed by atoms with Crippen molar-refractivity contribution in [3.63, 3.8) is 0 Å². The second-order valence-electron chi connectivity index (χ2n) is 22.7. The number of fused-ring (bicyclic) bond motifs is 6. The van der Waals surface area contributed by atoms with Crippen molar-refractivity contribution in [1.29, 1.82) is 0 Å². The predicted molar refractivity (Wildman–Crippen MR) is 303 cm³/mol. The van der Waals surface area contributed by atoms with Crippen molar-refractivity contribution in [2.75, 3.05) is 22.9 Å². The molecule has 386 valence electrons. The Kier molecular flexibility index (Phi) is 14.9. The minimum absolute atomic E-state index is 0.100. The van der Waals surface area contributed by atoms with Crippen LogP contribution in [-0.4, -0.2) is 30.9 Å². The molecule has 2 aliphatic carbocycles. The molecule has 75 heavy (non-hydrogen) atoms. The number of carbonyl (C=O) groups excluding carboxylic acids is 3. The molecule has 1 unspecified atom stereocenters. The molecule has 0 aromatic heterocycles. The van der Waals surface area contributed by atoms with Crippen LogP contribution in [0.15, 0.2) is 121 Å². The van der Waals surface area contributed by atoms with Crippen LogP contribution in [-0.2, 0) is 50.2 Å². The number of hydrogen-bond acceptors (Lipinski definition) is 6. The Morgan fingerprint density at radius 3 is 1.51 bits per heavy atom. The third-order valence-electron chi connectivity index (χ3n) is 16.2. The van der Waals surface area contributed by atoms with Crippen molar-refractivity contribution >= 4 is 53.5 Å². The van der Waals surface area contributed by atoms with Gasteiger partial charge in [-0.15, -0.1) is 0 Å². The van der Waals surface area contributed by atoms with Gasteiger partial charge in [0, 0.05) is 42.7 Å². The van der Waals surface area contributed by atoms with E-state index in [0.717, 1.165) is 116 Å². The molecule has 1 atom stereocenters. The van der Waals surface area contributed by atoms with Crippen molar-refractivity contribution in [2.45, 2.75) is 141 Å². The zero-order valence-corrected chi connectivity index (χ0v) is 44.8. The lowest BCUT2D eigenvalue weighted by atomic mass is 9.72. The second-order valence-corrected chi connectivity index (χ2v) is 22.7. The Morgan fingerprint density at radius 2 is 0.987 bits per heavy atom. The summed E-state index contributed by atoms with van der Waals surface area (Å²) in [4.78, 5) is 55.3. The van der Waals surface area contributed by atoms with Gasteiger partial charge in [0.2, 0.25) is 11.8 Å². The number of hydrogen-bond donors (Lipinski definition) is 0. The second kappa shape index (κ2) is 21.7. The van der Waals surface area contributed by atoms with Gasteiger partial charge in [-0.2, -0.15) is 4.89 Å². The van der Waals surface area contributed by atoms with Gasteiger partial charge in [0.05, 0.1) is 5.56 Å². The molecule has 2 aliphatic heterocycles. The lowest BCUT2D eigenvalue weighted by molar-refractivity contribution is -0.217. The van der Waals surface area contributed by atoms with Crippen LogP contribution in [0.2, 0.25) is 0 Å². The minimum Gasteiger partial charge on any atom is -0.423 e. The van der Waals surface area contributed by atoms with E-state index in [1.165, 1.54) is 33.4 Å². The smallest absolute Gasteiger partial charge is 0.343 e. The van der Waals surface area contributed by atoms with Crippen LogP contribution in [0.4, 0.5) is 11.4 Å². The highest BCUT2D eigenvalue weighted by Crippen LogP contribution is 2.63. The van der Waals surface area contributed by atoms with Crippen LogP contribution >= 0.6 is 0 Å². The summed E-state index contributed by atoms with van der Waals surface area (Å²) in [5, 5.41) is 0. The van der Waals surface area contributed by atoms with Crippen molar-refractivity contribution in [3.05, 3.63) is 188 Å². The predicted octanol–water partition coefficient (Wildman–Crippen LogP) is 15.3. The van der Waals surface area contributed by atoms with E-state index < -0.39 is 5.97 Å². The molecule has 2 amide bonds. The molecule has 4 aliphatic rings. The first-order valence-electron chi connectivity index (χ1n) is 27.5. The Morgan fingerprint density at radius 1 is 0.520 bits per heavy atom. The normalized spacial score (nSPS) is 17.7. The van der Waals surface area contributed by atoms with Gasteiger partial charge in [0.1, 0.15) is 12.4 Å². The molecule has 0 radical (unpaired) electrons. The van der Waals surface area contributed by atoms with E-state index in [2.05, 4.69) is 151 Å². The van der Waals surface area contributed by atoms with Gasteiger partial charge in [-0.1, -0.05) is 152 Å². The van der Waals surface area contributed by atoms with E-state index in [-0.39, 0.29) is 28.1 Å². The van der Waals surface area contributed by atoms with E-state index in [1.807, 2.05) is 46.2 Å². The number of unbranched alkanes of at least 4 members (excludes halogenated alkanes) is 4. The monoisotopic (exact) mass is 1000 g/mol. The van der Waals surface area contributed by atoms with Crippen LogP contribution in [0.1, 0.15) is 177 Å². The van der Waals surface area contributed by atoms with Crippen LogP contribution in [0.25, 0.3) is 24.3 Å². The summed E-state index contributed by atoms with van der Waals surface area (Å²) in [6, 6.07) is 41.1. The van der Waals surface area contributed by atoms with Crippen LogP contribution in [0.3, 0.4) is 0 Å². The van der Waals surface area contributed by atoms with Crippen LogP contribution in [0.5, 0.6) is 11.5 Å². The fourth-order valence-electron chi connectivity index (χ4n) is 12.5. The highest BCUT2D eigenvalue weighted by atomic mass is 17.2. The first-order chi connectivity index (χ1) is 36.2. The zero-order valence-electron chi connectivity index (χ0n) is 44.8. The number of anilines is 2. The highest BCUT2D eigenvalue weighted by molar-refractivity contribution is 5.97. The van der Waals surface area contributed by atoms with Crippen molar-refractivity contribution in [2.24, 2.45) is 0 Å². The van der Waals surface area contributed by atoms with Gasteiger partial charge in [-0.25, -0.2) is 4.79 Å². The van der Waals surface area contributed by atoms with Crippen LogP contribution < -0.4 is 19.4 Å². The lowest BCUT2D eigenvalue weighted by Gasteiger charge is -2.30. The van der Waals surface area contributed by atoms with Gasteiger partial charge >= 0.3 is 5.97 Å². The van der Waals surface area contributed by atoms with Crippen molar-refractivity contribution in [1.82, 2.24) is 0 Å². The van der Waals surface area contributed by atoms with E-state index in [0.29, 0.717) is 36.5 Å². The van der Waals surface area contributed by atoms with E-state index in [9.17, 15) is 14.4 Å². The number of nitrogens with zero attached hydrogens (tertiary/aromatic N) is 2. The molecule has 2 heterocycles. The van der Waals surface area contributed by atoms with Gasteiger partial charge < -0.3 is 19.4 Å². The zero-order chi connectivity index (χ0) is 52.3. The Labute approximate surface area is 444 Å². The number of esters is 1. The molecule has 8 heteroatoms. The molecule has 8 nitrogen and oxygen atoms in total. The lowest BCUT2D eigenvalue weighted by Crippen LogP contribution is -2.28. The fourth-order valence-corrected chi connectivity index (χ4v) is 12.5. The number of ether oxygens (including phenoxy) is 1. The molecule has 0 saturated carbocycles. The molecule has 0 fully saturated rings. The summed E-state index contributed by atoms with van der Waals surface area (Å²) >= 11 is 0. The molecule has 6 aromatic carbocycles. The summed E-state index contributed by atoms with van der Waals surface area (Å²) in [6.45, 7) is 15.4. The van der Waals surface area contributed by atoms with Gasteiger partial charge in [0.15, 0.2) is 5.75 Å². The van der Waals surface area contributed by atoms with Crippen LogP contribution in [0, 0.1) is 0 Å². The average molecular weight is 1000 g/mol. The molecule has 6 aromatic rings. The van der Waals surface area contributed by atoms with Crippen molar-refractivity contribution in [3.8, 4) is 11.5 Å². The van der Waals surface area contributed by atoms with E-state index >= 15 is 0 Å². The molecule has 10 rings (SSSR count). The molecule has 1 spiro atoms. The summed E-state index contributed by atoms with van der Waals surface area (Å²) in [7, 11) is 0. The number of amides is 2. The summed E-state index contributed by atoms with van der Waals surface area (Å²) in [5.74, 6) is 1.24. The first-order valence-corrected chi connectivity index (χ1v) is 27.5. The summed E-state index contributed by atoms with van der Waals surface area (Å²) < 4.78 is 6.15. The maximum absolute atomic E-state index is 13.7. The third kappa shape index (κ3) is 10.9. The van der Waals surface area contributed by atoms with Crippen molar-refractivity contribution < 1.29 is 28.9 Å². The maximum Gasteiger partial charge on any atom is 0.343 e. The molecule has 0 N–H and O–H groups in total. The van der Waals surface area contributed by atoms with E-state index in [1.54, 1.807) is 0 Å². The fraction of sp³-hybridized carbons (Fsp3) is 0.358. The van der Waals surface area contributed by atoms with Gasteiger partial charge in [-0.05, 0) is 171 Å². The van der Waals surface area contributed by atoms with Gasteiger partial charge in [0.25, 0.3) is 0 Å². The Balaban J connectivity index is 0.768. The first kappa shape index (κ1) is 51.5. The average Bonchev–Trinajstić information content (AvgIpc) is 4.28. The highest BCUT2D eigenvalue weighted by Gasteiger charge is 2.56.